The second kappa shape index (κ2) is 4.50. The molecule has 1 aliphatic heterocycles. The molecular weight excluding hydrogens is 242 g/mol. The Bertz CT molecular complexity index is 618. The van der Waals surface area contributed by atoms with E-state index in [0.29, 0.717) is 0 Å². The Hall–Kier alpha value is -2.17. The second-order valence-corrected chi connectivity index (χ2v) is 5.05. The first kappa shape index (κ1) is 11.9. The summed E-state index contributed by atoms with van der Waals surface area (Å²) in [5, 5.41) is 19.3. The second-order valence-electron chi connectivity index (χ2n) is 5.05. The molecule has 5 nitrogen and oxygen atoms in total. The molecule has 1 aliphatic rings. The van der Waals surface area contributed by atoms with Gasteiger partial charge in [0.25, 0.3) is 0 Å². The van der Waals surface area contributed by atoms with Crippen LogP contribution in [0.15, 0.2) is 30.5 Å². The zero-order valence-electron chi connectivity index (χ0n) is 10.7. The van der Waals surface area contributed by atoms with Gasteiger partial charge in [-0.25, -0.2) is 0 Å². The highest BCUT2D eigenvalue weighted by molar-refractivity contribution is 5.91. The number of benzene rings is 1. The number of hydrogen-bond acceptors (Lipinski definition) is 4. The van der Waals surface area contributed by atoms with E-state index in [0.717, 1.165) is 29.7 Å². The highest BCUT2D eigenvalue weighted by Crippen LogP contribution is 2.32. The van der Waals surface area contributed by atoms with E-state index in [4.69, 9.17) is 5.11 Å². The lowest BCUT2D eigenvalue weighted by atomic mass is 9.87. The maximum atomic E-state index is 10.9. The fourth-order valence-corrected chi connectivity index (χ4v) is 2.45. The van der Waals surface area contributed by atoms with Crippen LogP contribution in [0.1, 0.15) is 6.92 Å². The molecule has 2 aromatic rings. The van der Waals surface area contributed by atoms with E-state index in [2.05, 4.69) is 15.1 Å². The van der Waals surface area contributed by atoms with Crippen molar-refractivity contribution in [1.29, 1.82) is 0 Å². The minimum absolute atomic E-state index is 0.193. The van der Waals surface area contributed by atoms with Gasteiger partial charge in [-0.3, -0.25) is 4.79 Å². The van der Waals surface area contributed by atoms with Crippen LogP contribution in [0.4, 0.5) is 5.82 Å². The number of carbonyl (C=O) groups is 1. The van der Waals surface area contributed by atoms with Crippen molar-refractivity contribution in [2.24, 2.45) is 11.8 Å². The molecule has 0 saturated carbocycles. The molecule has 0 spiro atoms. The highest BCUT2D eigenvalue weighted by Gasteiger charge is 2.36. The molecule has 0 amide bonds. The van der Waals surface area contributed by atoms with E-state index >= 15 is 0 Å². The van der Waals surface area contributed by atoms with Gasteiger partial charge >= 0.3 is 5.97 Å². The number of aliphatic carboxylic acids is 1. The molecule has 1 fully saturated rings. The van der Waals surface area contributed by atoms with Gasteiger partial charge in [0.2, 0.25) is 0 Å². The van der Waals surface area contributed by atoms with Crippen molar-refractivity contribution < 1.29 is 9.90 Å². The lowest BCUT2D eigenvalue weighted by molar-refractivity contribution is -0.143. The Kier molecular flexibility index (Phi) is 2.81. The summed E-state index contributed by atoms with van der Waals surface area (Å²) >= 11 is 0. The van der Waals surface area contributed by atoms with E-state index in [1.165, 1.54) is 0 Å². The molecule has 0 bridgehead atoms. The minimum Gasteiger partial charge on any atom is -0.481 e. The van der Waals surface area contributed by atoms with Crippen LogP contribution in [0.3, 0.4) is 0 Å². The molecule has 1 N–H and O–H groups in total. The smallest absolute Gasteiger partial charge is 0.306 e. The summed E-state index contributed by atoms with van der Waals surface area (Å²) in [4.78, 5) is 13.0. The van der Waals surface area contributed by atoms with E-state index in [-0.39, 0.29) is 11.8 Å². The lowest BCUT2D eigenvalue weighted by Gasteiger charge is -2.42. The number of nitrogens with zero attached hydrogens (tertiary/aromatic N) is 3. The van der Waals surface area contributed by atoms with E-state index in [9.17, 15) is 4.79 Å². The molecule has 19 heavy (non-hydrogen) atoms. The van der Waals surface area contributed by atoms with Gasteiger partial charge in [-0.1, -0.05) is 31.2 Å². The first-order valence-corrected chi connectivity index (χ1v) is 6.35. The van der Waals surface area contributed by atoms with Gasteiger partial charge in [-0.2, -0.15) is 5.10 Å². The number of aromatic nitrogens is 2. The van der Waals surface area contributed by atoms with Crippen molar-refractivity contribution in [3.05, 3.63) is 30.5 Å². The summed E-state index contributed by atoms with van der Waals surface area (Å²) in [7, 11) is 0. The van der Waals surface area contributed by atoms with Gasteiger partial charge in [0.15, 0.2) is 5.82 Å². The number of carboxylic acid groups (broad SMARTS) is 1. The zero-order chi connectivity index (χ0) is 13.4. The predicted molar refractivity (Wildman–Crippen MR) is 72.0 cm³/mol. The van der Waals surface area contributed by atoms with Crippen LogP contribution in [-0.2, 0) is 4.79 Å². The first-order valence-electron chi connectivity index (χ1n) is 6.35. The van der Waals surface area contributed by atoms with Crippen molar-refractivity contribution in [2.45, 2.75) is 6.92 Å². The van der Waals surface area contributed by atoms with Crippen molar-refractivity contribution in [2.75, 3.05) is 18.0 Å². The Morgan fingerprint density at radius 1 is 1.42 bits per heavy atom. The monoisotopic (exact) mass is 257 g/mol. The third-order valence-corrected chi connectivity index (χ3v) is 3.86. The summed E-state index contributed by atoms with van der Waals surface area (Å²) in [6, 6.07) is 7.97. The van der Waals surface area contributed by atoms with Crippen LogP contribution in [0.25, 0.3) is 10.8 Å². The van der Waals surface area contributed by atoms with E-state index in [1.807, 2.05) is 24.3 Å². The number of carboxylic acids is 1. The van der Waals surface area contributed by atoms with Gasteiger partial charge in [-0.15, -0.1) is 5.10 Å². The normalized spacial score (nSPS) is 17.2. The molecule has 5 heteroatoms. The lowest BCUT2D eigenvalue weighted by Crippen LogP contribution is -2.51. The summed E-state index contributed by atoms with van der Waals surface area (Å²) < 4.78 is 0. The standard InChI is InChI=1S/C14H15N3O2/c1-9(14(18)19)11-7-17(8-11)13-12-5-3-2-4-10(12)6-15-16-13/h2-6,9,11H,7-8H2,1H3,(H,18,19). The molecule has 2 heterocycles. The molecule has 3 rings (SSSR count). The van der Waals surface area contributed by atoms with Crippen molar-refractivity contribution in [1.82, 2.24) is 10.2 Å². The fraction of sp³-hybridized carbons (Fsp3) is 0.357. The molecule has 98 valence electrons. The van der Waals surface area contributed by atoms with Crippen LogP contribution >= 0.6 is 0 Å². The quantitative estimate of drug-likeness (QED) is 0.908. The van der Waals surface area contributed by atoms with Gasteiger partial charge in [0.05, 0.1) is 12.1 Å². The molecule has 1 aromatic carbocycles. The Morgan fingerprint density at radius 2 is 2.16 bits per heavy atom. The van der Waals surface area contributed by atoms with Gasteiger partial charge in [0.1, 0.15) is 0 Å². The van der Waals surface area contributed by atoms with E-state index < -0.39 is 5.97 Å². The van der Waals surface area contributed by atoms with Crippen molar-refractivity contribution in [3.63, 3.8) is 0 Å². The van der Waals surface area contributed by atoms with Gasteiger partial charge < -0.3 is 10.0 Å². The van der Waals surface area contributed by atoms with Crippen LogP contribution in [0.5, 0.6) is 0 Å². The number of anilines is 1. The number of rotatable bonds is 3. The van der Waals surface area contributed by atoms with Crippen LogP contribution in [-0.4, -0.2) is 34.4 Å². The van der Waals surface area contributed by atoms with Crippen molar-refractivity contribution in [3.8, 4) is 0 Å². The fourth-order valence-electron chi connectivity index (χ4n) is 2.45. The summed E-state index contributed by atoms with van der Waals surface area (Å²) in [5.74, 6) is 0.0121. The Labute approximate surface area is 110 Å². The number of fused-ring (bicyclic) bond motifs is 1. The summed E-state index contributed by atoms with van der Waals surface area (Å²) in [5.41, 5.74) is 0. The molecular formula is C14H15N3O2. The molecule has 1 aromatic heterocycles. The summed E-state index contributed by atoms with van der Waals surface area (Å²) in [6.45, 7) is 3.23. The van der Waals surface area contributed by atoms with Gasteiger partial charge in [0, 0.05) is 29.8 Å². The van der Waals surface area contributed by atoms with Gasteiger partial charge in [-0.05, 0) is 0 Å². The molecule has 0 radical (unpaired) electrons. The third-order valence-electron chi connectivity index (χ3n) is 3.86. The molecule has 0 aliphatic carbocycles. The Morgan fingerprint density at radius 3 is 2.89 bits per heavy atom. The number of hydrogen-bond donors (Lipinski definition) is 1. The third kappa shape index (κ3) is 2.01. The highest BCUT2D eigenvalue weighted by atomic mass is 16.4. The topological polar surface area (TPSA) is 66.3 Å². The largest absolute Gasteiger partial charge is 0.481 e. The SMILES string of the molecule is CC(C(=O)O)C1CN(c2nncc3ccccc23)C1. The molecule has 1 saturated heterocycles. The van der Waals surface area contributed by atoms with Crippen molar-refractivity contribution >= 4 is 22.6 Å². The Balaban J connectivity index is 1.83. The van der Waals surface area contributed by atoms with Crippen LogP contribution in [0, 0.1) is 11.8 Å². The molecule has 1 unspecified atom stereocenters. The summed E-state index contributed by atoms with van der Waals surface area (Å²) in [6.07, 6.45) is 1.75. The first-order chi connectivity index (χ1) is 9.16. The van der Waals surface area contributed by atoms with Crippen LogP contribution in [0.2, 0.25) is 0 Å². The average Bonchev–Trinajstić information content (AvgIpc) is 2.37. The maximum Gasteiger partial charge on any atom is 0.306 e. The molecule has 1 atom stereocenters. The average molecular weight is 257 g/mol. The van der Waals surface area contributed by atoms with Crippen LogP contribution < -0.4 is 4.90 Å². The predicted octanol–water partition coefficient (Wildman–Crippen LogP) is 1.79. The van der Waals surface area contributed by atoms with E-state index in [1.54, 1.807) is 13.1 Å². The zero-order valence-corrected chi connectivity index (χ0v) is 10.7. The minimum atomic E-state index is -0.728. The maximum absolute atomic E-state index is 10.9.